The Bertz CT molecular complexity index is 348. The van der Waals surface area contributed by atoms with Crippen LogP contribution in [-0.2, 0) is 4.74 Å². The maximum Gasteiger partial charge on any atom is 0.224 e. The standard InChI is InChI=1S/C11H16ClN3O/c1-8(2)7-16-5-4-13-10-6-9(3)14-11(12)15-10/h6H,1,4-5,7H2,2-3H3,(H,13,14,15). The molecule has 0 spiro atoms. The number of aryl methyl sites for hydroxylation is 1. The number of ether oxygens (including phenoxy) is 1. The summed E-state index contributed by atoms with van der Waals surface area (Å²) in [7, 11) is 0. The van der Waals surface area contributed by atoms with Gasteiger partial charge in [-0.2, -0.15) is 0 Å². The van der Waals surface area contributed by atoms with Gasteiger partial charge in [0.25, 0.3) is 0 Å². The molecule has 0 aliphatic heterocycles. The zero-order valence-corrected chi connectivity index (χ0v) is 10.3. The summed E-state index contributed by atoms with van der Waals surface area (Å²) in [6, 6.07) is 1.84. The zero-order valence-electron chi connectivity index (χ0n) is 9.59. The Kier molecular flexibility index (Phi) is 5.22. The van der Waals surface area contributed by atoms with Crippen LogP contribution < -0.4 is 5.32 Å². The van der Waals surface area contributed by atoms with Gasteiger partial charge in [0.1, 0.15) is 5.82 Å². The SMILES string of the molecule is C=C(C)COCCNc1cc(C)nc(Cl)n1. The highest BCUT2D eigenvalue weighted by molar-refractivity contribution is 6.28. The second-order valence-corrected chi connectivity index (χ2v) is 3.94. The molecule has 1 heterocycles. The molecule has 0 unspecified atom stereocenters. The van der Waals surface area contributed by atoms with Crippen LogP contribution in [0.3, 0.4) is 0 Å². The minimum absolute atomic E-state index is 0.255. The van der Waals surface area contributed by atoms with Crippen molar-refractivity contribution in [2.75, 3.05) is 25.1 Å². The number of nitrogens with zero attached hydrogens (tertiary/aromatic N) is 2. The van der Waals surface area contributed by atoms with Crippen molar-refractivity contribution < 1.29 is 4.74 Å². The van der Waals surface area contributed by atoms with Gasteiger partial charge in [0, 0.05) is 18.3 Å². The Hall–Kier alpha value is -1.13. The molecule has 1 rings (SSSR count). The van der Waals surface area contributed by atoms with Gasteiger partial charge in [-0.15, -0.1) is 0 Å². The summed E-state index contributed by atoms with van der Waals surface area (Å²) in [5.74, 6) is 0.719. The third-order valence-electron chi connectivity index (χ3n) is 1.73. The summed E-state index contributed by atoms with van der Waals surface area (Å²) in [4.78, 5) is 8.01. The quantitative estimate of drug-likeness (QED) is 0.472. The van der Waals surface area contributed by atoms with Crippen molar-refractivity contribution in [3.63, 3.8) is 0 Å². The molecule has 0 bridgehead atoms. The van der Waals surface area contributed by atoms with Gasteiger partial charge in [-0.25, -0.2) is 9.97 Å². The first-order valence-electron chi connectivity index (χ1n) is 5.05. The minimum atomic E-state index is 0.255. The summed E-state index contributed by atoms with van der Waals surface area (Å²) in [5, 5.41) is 3.36. The molecule has 0 saturated carbocycles. The largest absolute Gasteiger partial charge is 0.375 e. The van der Waals surface area contributed by atoms with E-state index in [0.29, 0.717) is 19.8 Å². The summed E-state index contributed by atoms with van der Waals surface area (Å²) in [5.41, 5.74) is 1.85. The highest BCUT2D eigenvalue weighted by Crippen LogP contribution is 2.08. The molecule has 0 aliphatic carbocycles. The van der Waals surface area contributed by atoms with Crippen molar-refractivity contribution >= 4 is 17.4 Å². The number of hydrogen-bond donors (Lipinski definition) is 1. The third-order valence-corrected chi connectivity index (χ3v) is 1.90. The second-order valence-electron chi connectivity index (χ2n) is 3.60. The van der Waals surface area contributed by atoms with Crippen molar-refractivity contribution in [3.8, 4) is 0 Å². The summed E-state index contributed by atoms with van der Waals surface area (Å²) >= 11 is 5.73. The first-order valence-corrected chi connectivity index (χ1v) is 5.43. The smallest absolute Gasteiger partial charge is 0.224 e. The van der Waals surface area contributed by atoms with E-state index < -0.39 is 0 Å². The number of halogens is 1. The van der Waals surface area contributed by atoms with E-state index in [0.717, 1.165) is 17.1 Å². The maximum absolute atomic E-state index is 5.73. The Labute approximate surface area is 101 Å². The Balaban J connectivity index is 2.29. The summed E-state index contributed by atoms with van der Waals surface area (Å²) in [6.07, 6.45) is 0. The van der Waals surface area contributed by atoms with Gasteiger partial charge < -0.3 is 10.1 Å². The fourth-order valence-electron chi connectivity index (χ4n) is 1.12. The van der Waals surface area contributed by atoms with Crippen LogP contribution in [0.25, 0.3) is 0 Å². The lowest BCUT2D eigenvalue weighted by molar-refractivity contribution is 0.167. The third kappa shape index (κ3) is 5.09. The van der Waals surface area contributed by atoms with Crippen LogP contribution in [0.1, 0.15) is 12.6 Å². The summed E-state index contributed by atoms with van der Waals surface area (Å²) < 4.78 is 5.34. The molecular weight excluding hydrogens is 226 g/mol. The molecular formula is C11H16ClN3O. The molecule has 0 aliphatic rings. The molecule has 4 nitrogen and oxygen atoms in total. The molecule has 0 radical (unpaired) electrons. The Morgan fingerprint density at radius 2 is 2.31 bits per heavy atom. The van der Waals surface area contributed by atoms with Gasteiger partial charge in [-0.3, -0.25) is 0 Å². The predicted octanol–water partition coefficient (Wildman–Crippen LogP) is 2.44. The molecule has 0 amide bonds. The normalized spacial score (nSPS) is 10.2. The van der Waals surface area contributed by atoms with Crippen LogP contribution in [-0.4, -0.2) is 29.7 Å². The number of nitrogens with one attached hydrogen (secondary N) is 1. The Morgan fingerprint density at radius 1 is 1.56 bits per heavy atom. The van der Waals surface area contributed by atoms with Crippen molar-refractivity contribution in [1.82, 2.24) is 9.97 Å². The maximum atomic E-state index is 5.73. The molecule has 0 saturated heterocycles. The van der Waals surface area contributed by atoms with Gasteiger partial charge in [0.05, 0.1) is 13.2 Å². The number of aromatic nitrogens is 2. The van der Waals surface area contributed by atoms with Crippen LogP contribution in [0.2, 0.25) is 5.28 Å². The van der Waals surface area contributed by atoms with Gasteiger partial charge in [0.2, 0.25) is 5.28 Å². The van der Waals surface area contributed by atoms with E-state index in [1.165, 1.54) is 0 Å². The molecule has 0 fully saturated rings. The highest BCUT2D eigenvalue weighted by Gasteiger charge is 1.98. The first-order chi connectivity index (χ1) is 7.58. The van der Waals surface area contributed by atoms with Crippen LogP contribution >= 0.6 is 11.6 Å². The number of anilines is 1. The second kappa shape index (κ2) is 6.45. The minimum Gasteiger partial charge on any atom is -0.375 e. The van der Waals surface area contributed by atoms with Crippen molar-refractivity contribution in [2.24, 2.45) is 0 Å². The molecule has 1 aromatic heterocycles. The average Bonchev–Trinajstić information content (AvgIpc) is 2.15. The van der Waals surface area contributed by atoms with Crippen LogP contribution in [0.5, 0.6) is 0 Å². The fourth-order valence-corrected chi connectivity index (χ4v) is 1.34. The zero-order chi connectivity index (χ0) is 12.0. The van der Waals surface area contributed by atoms with E-state index in [1.54, 1.807) is 0 Å². The molecule has 0 aromatic carbocycles. The van der Waals surface area contributed by atoms with E-state index in [4.69, 9.17) is 16.3 Å². The molecule has 1 aromatic rings. The lowest BCUT2D eigenvalue weighted by Gasteiger charge is -2.07. The molecule has 5 heteroatoms. The molecule has 16 heavy (non-hydrogen) atoms. The van der Waals surface area contributed by atoms with E-state index in [9.17, 15) is 0 Å². The van der Waals surface area contributed by atoms with Gasteiger partial charge in [0.15, 0.2) is 0 Å². The fraction of sp³-hybridized carbons (Fsp3) is 0.455. The molecule has 1 N–H and O–H groups in total. The van der Waals surface area contributed by atoms with Gasteiger partial charge >= 0.3 is 0 Å². The van der Waals surface area contributed by atoms with Crippen molar-refractivity contribution in [3.05, 3.63) is 29.2 Å². The van der Waals surface area contributed by atoms with E-state index in [2.05, 4.69) is 21.9 Å². The van der Waals surface area contributed by atoms with Crippen LogP contribution in [0.4, 0.5) is 5.82 Å². The average molecular weight is 242 g/mol. The van der Waals surface area contributed by atoms with E-state index >= 15 is 0 Å². The topological polar surface area (TPSA) is 47.0 Å². The van der Waals surface area contributed by atoms with Gasteiger partial charge in [-0.1, -0.05) is 12.2 Å². The van der Waals surface area contributed by atoms with Gasteiger partial charge in [-0.05, 0) is 25.4 Å². The molecule has 88 valence electrons. The Morgan fingerprint density at radius 3 is 2.94 bits per heavy atom. The lowest BCUT2D eigenvalue weighted by atomic mass is 10.4. The first kappa shape index (κ1) is 12.9. The number of rotatable bonds is 6. The van der Waals surface area contributed by atoms with Crippen molar-refractivity contribution in [1.29, 1.82) is 0 Å². The van der Waals surface area contributed by atoms with E-state index in [-0.39, 0.29) is 5.28 Å². The van der Waals surface area contributed by atoms with E-state index in [1.807, 2.05) is 19.9 Å². The molecule has 0 atom stereocenters. The van der Waals surface area contributed by atoms with Crippen LogP contribution in [0, 0.1) is 6.92 Å². The monoisotopic (exact) mass is 241 g/mol. The summed E-state index contributed by atoms with van der Waals surface area (Å²) in [6.45, 7) is 9.43. The number of hydrogen-bond acceptors (Lipinski definition) is 4. The predicted molar refractivity (Wildman–Crippen MR) is 65.9 cm³/mol. The van der Waals surface area contributed by atoms with Crippen LogP contribution in [0.15, 0.2) is 18.2 Å². The lowest BCUT2D eigenvalue weighted by Crippen LogP contribution is -2.11. The van der Waals surface area contributed by atoms with Crippen molar-refractivity contribution in [2.45, 2.75) is 13.8 Å². The highest BCUT2D eigenvalue weighted by atomic mass is 35.5.